The van der Waals surface area contributed by atoms with Crippen molar-refractivity contribution >= 4 is 59.3 Å². The first-order chi connectivity index (χ1) is 23.8. The highest BCUT2D eigenvalue weighted by molar-refractivity contribution is 7.26. The lowest BCUT2D eigenvalue weighted by Crippen LogP contribution is -2.09. The van der Waals surface area contributed by atoms with Crippen LogP contribution in [0.1, 0.15) is 0 Å². The lowest BCUT2D eigenvalue weighted by Gasteiger charge is -2.26. The molecule has 0 atom stereocenters. The number of benzene rings is 8. The Morgan fingerprint density at radius 2 is 0.875 bits per heavy atom. The van der Waals surface area contributed by atoms with Gasteiger partial charge in [-0.3, -0.25) is 0 Å². The van der Waals surface area contributed by atoms with Gasteiger partial charge in [-0.2, -0.15) is 0 Å². The Bertz CT molecular complexity index is 2530. The zero-order chi connectivity index (χ0) is 31.9. The fourth-order valence-electron chi connectivity index (χ4n) is 6.91. The first kappa shape index (κ1) is 28.3. The molecule has 9 aromatic rings. The number of thiophene rings is 1. The molecule has 226 valence electrons. The molecule has 48 heavy (non-hydrogen) atoms. The molecule has 0 fully saturated rings. The molecule has 0 bridgehead atoms. The van der Waals surface area contributed by atoms with Crippen LogP contribution >= 0.6 is 11.3 Å². The van der Waals surface area contributed by atoms with Crippen LogP contribution in [0.2, 0.25) is 0 Å². The second kappa shape index (κ2) is 12.0. The molecule has 0 saturated carbocycles. The largest absolute Gasteiger partial charge is 0.311 e. The number of nitrogens with zero attached hydrogens (tertiary/aromatic N) is 1. The molecule has 1 aromatic heterocycles. The molecule has 0 aliphatic heterocycles. The van der Waals surface area contributed by atoms with Crippen LogP contribution in [0.5, 0.6) is 0 Å². The lowest BCUT2D eigenvalue weighted by atomic mass is 9.94. The van der Waals surface area contributed by atoms with Crippen molar-refractivity contribution in [2.75, 3.05) is 4.90 Å². The molecular weight excluding hydrogens is 599 g/mol. The average Bonchev–Trinajstić information content (AvgIpc) is 3.55. The third-order valence-electron chi connectivity index (χ3n) is 9.28. The standard InChI is InChI=1S/C46H31NS/c1-3-11-33(12-4-1)40-16-9-10-17-41(40)35-21-27-39(28-22-35)47(37-14-5-2-6-15-37)38-25-19-32(20-26-38)36-24-30-45-44(31-36)43-29-23-34-13-7-8-18-42(34)46(43)48-45/h1-31H. The quantitative estimate of drug-likeness (QED) is 0.177. The van der Waals surface area contributed by atoms with Crippen molar-refractivity contribution < 1.29 is 0 Å². The zero-order valence-corrected chi connectivity index (χ0v) is 27.1. The predicted molar refractivity (Wildman–Crippen MR) is 208 cm³/mol. The minimum absolute atomic E-state index is 1.12. The van der Waals surface area contributed by atoms with Gasteiger partial charge in [-0.15, -0.1) is 11.3 Å². The third-order valence-corrected chi connectivity index (χ3v) is 10.5. The van der Waals surface area contributed by atoms with Crippen LogP contribution < -0.4 is 4.90 Å². The van der Waals surface area contributed by atoms with E-state index >= 15 is 0 Å². The molecular formula is C46H31NS. The first-order valence-electron chi connectivity index (χ1n) is 16.3. The molecule has 1 nitrogen and oxygen atoms in total. The van der Waals surface area contributed by atoms with E-state index in [0.29, 0.717) is 0 Å². The van der Waals surface area contributed by atoms with E-state index in [1.54, 1.807) is 0 Å². The third kappa shape index (κ3) is 5.04. The molecule has 0 unspecified atom stereocenters. The molecule has 0 amide bonds. The summed E-state index contributed by atoms with van der Waals surface area (Å²) in [5.74, 6) is 0. The molecule has 9 rings (SSSR count). The average molecular weight is 630 g/mol. The van der Waals surface area contributed by atoms with E-state index < -0.39 is 0 Å². The minimum Gasteiger partial charge on any atom is -0.311 e. The summed E-state index contributed by atoms with van der Waals surface area (Å²) >= 11 is 1.89. The summed E-state index contributed by atoms with van der Waals surface area (Å²) < 4.78 is 2.69. The van der Waals surface area contributed by atoms with Crippen molar-refractivity contribution in [3.05, 3.63) is 188 Å². The lowest BCUT2D eigenvalue weighted by molar-refractivity contribution is 1.28. The maximum absolute atomic E-state index is 2.36. The van der Waals surface area contributed by atoms with Crippen molar-refractivity contribution in [3.63, 3.8) is 0 Å². The van der Waals surface area contributed by atoms with E-state index in [1.807, 2.05) is 11.3 Å². The van der Waals surface area contributed by atoms with Crippen LogP contribution in [0.3, 0.4) is 0 Å². The molecule has 0 N–H and O–H groups in total. The summed E-state index contributed by atoms with van der Waals surface area (Å²) in [6.45, 7) is 0. The summed E-state index contributed by atoms with van der Waals surface area (Å²) in [4.78, 5) is 2.33. The first-order valence-corrected chi connectivity index (χ1v) is 17.2. The summed E-state index contributed by atoms with van der Waals surface area (Å²) in [5.41, 5.74) is 10.7. The summed E-state index contributed by atoms with van der Waals surface area (Å²) in [7, 11) is 0. The molecule has 2 heteroatoms. The van der Waals surface area contributed by atoms with Crippen LogP contribution in [0, 0.1) is 0 Å². The van der Waals surface area contributed by atoms with Gasteiger partial charge < -0.3 is 4.90 Å². The van der Waals surface area contributed by atoms with Gasteiger partial charge in [0.25, 0.3) is 0 Å². The highest BCUT2D eigenvalue weighted by atomic mass is 32.1. The topological polar surface area (TPSA) is 3.24 Å². The Kier molecular flexibility index (Phi) is 7.07. The van der Waals surface area contributed by atoms with E-state index in [1.165, 1.54) is 64.3 Å². The number of anilines is 3. The van der Waals surface area contributed by atoms with Gasteiger partial charge in [0.1, 0.15) is 0 Å². The smallest absolute Gasteiger partial charge is 0.0462 e. The van der Waals surface area contributed by atoms with E-state index in [4.69, 9.17) is 0 Å². The van der Waals surface area contributed by atoms with Crippen LogP contribution in [0.25, 0.3) is 64.3 Å². The number of hydrogen-bond acceptors (Lipinski definition) is 2. The Morgan fingerprint density at radius 3 is 1.58 bits per heavy atom. The van der Waals surface area contributed by atoms with Gasteiger partial charge in [-0.25, -0.2) is 0 Å². The van der Waals surface area contributed by atoms with E-state index in [0.717, 1.165) is 17.1 Å². The predicted octanol–water partition coefficient (Wildman–Crippen LogP) is 13.7. The zero-order valence-electron chi connectivity index (χ0n) is 26.3. The SMILES string of the molecule is c1ccc(-c2ccccc2-c2ccc(N(c3ccccc3)c3ccc(-c4ccc5sc6c7ccccc7ccc6c5c4)cc3)cc2)cc1. The van der Waals surface area contributed by atoms with Crippen molar-refractivity contribution in [3.8, 4) is 33.4 Å². The summed E-state index contributed by atoms with van der Waals surface area (Å²) in [5, 5.41) is 5.28. The van der Waals surface area contributed by atoms with Gasteiger partial charge in [0.2, 0.25) is 0 Å². The van der Waals surface area contributed by atoms with Gasteiger partial charge in [-0.1, -0.05) is 140 Å². The van der Waals surface area contributed by atoms with E-state index in [2.05, 4.69) is 193 Å². The van der Waals surface area contributed by atoms with Gasteiger partial charge in [-0.05, 0) is 92.7 Å². The summed E-state index contributed by atoms with van der Waals surface area (Å²) in [6, 6.07) is 67.9. The number of hydrogen-bond donors (Lipinski definition) is 0. The van der Waals surface area contributed by atoms with Gasteiger partial charge in [0.15, 0.2) is 0 Å². The molecule has 0 aliphatic carbocycles. The maximum atomic E-state index is 2.36. The highest BCUT2D eigenvalue weighted by Crippen LogP contribution is 2.41. The molecule has 0 aliphatic rings. The van der Waals surface area contributed by atoms with Crippen molar-refractivity contribution in [1.82, 2.24) is 0 Å². The van der Waals surface area contributed by atoms with Crippen molar-refractivity contribution in [1.29, 1.82) is 0 Å². The second-order valence-electron chi connectivity index (χ2n) is 12.2. The Hall–Kier alpha value is -5.96. The summed E-state index contributed by atoms with van der Waals surface area (Å²) in [6.07, 6.45) is 0. The van der Waals surface area contributed by atoms with Gasteiger partial charge >= 0.3 is 0 Å². The van der Waals surface area contributed by atoms with Crippen LogP contribution in [-0.4, -0.2) is 0 Å². The Morgan fingerprint density at radius 1 is 0.333 bits per heavy atom. The highest BCUT2D eigenvalue weighted by Gasteiger charge is 2.15. The maximum Gasteiger partial charge on any atom is 0.0462 e. The minimum atomic E-state index is 1.12. The molecule has 1 heterocycles. The van der Waals surface area contributed by atoms with Crippen molar-refractivity contribution in [2.45, 2.75) is 0 Å². The Balaban J connectivity index is 1.07. The van der Waals surface area contributed by atoms with Gasteiger partial charge in [0, 0.05) is 37.2 Å². The second-order valence-corrected chi connectivity index (χ2v) is 13.2. The Labute approximate surface area is 284 Å². The molecule has 0 saturated heterocycles. The normalized spacial score (nSPS) is 11.3. The molecule has 0 spiro atoms. The fraction of sp³-hybridized carbons (Fsp3) is 0. The fourth-order valence-corrected chi connectivity index (χ4v) is 8.12. The van der Waals surface area contributed by atoms with E-state index in [9.17, 15) is 0 Å². The number of para-hydroxylation sites is 1. The monoisotopic (exact) mass is 629 g/mol. The van der Waals surface area contributed by atoms with Crippen LogP contribution in [0.15, 0.2) is 188 Å². The van der Waals surface area contributed by atoms with Crippen LogP contribution in [0.4, 0.5) is 17.1 Å². The van der Waals surface area contributed by atoms with E-state index in [-0.39, 0.29) is 0 Å². The molecule has 8 aromatic carbocycles. The number of fused-ring (bicyclic) bond motifs is 5. The number of rotatable bonds is 6. The molecule has 0 radical (unpaired) electrons. The van der Waals surface area contributed by atoms with Crippen LogP contribution in [-0.2, 0) is 0 Å². The van der Waals surface area contributed by atoms with Gasteiger partial charge in [0.05, 0.1) is 0 Å². The van der Waals surface area contributed by atoms with Crippen molar-refractivity contribution in [2.24, 2.45) is 0 Å².